The Bertz CT molecular complexity index is 346. The van der Waals surface area contributed by atoms with Crippen LogP contribution in [0.5, 0.6) is 0 Å². The zero-order chi connectivity index (χ0) is 9.80. The molecule has 0 saturated heterocycles. The lowest BCUT2D eigenvalue weighted by atomic mass is 10.3. The smallest absolute Gasteiger partial charge is 0.265 e. The molecule has 14 heavy (non-hydrogen) atoms. The average Bonchev–Trinajstić information content (AvgIpc) is 2.44. The van der Waals surface area contributed by atoms with Gasteiger partial charge < -0.3 is 9.64 Å². The molecule has 3 nitrogen and oxygen atoms in total. The highest BCUT2D eigenvalue weighted by Crippen LogP contribution is 2.14. The SMILES string of the molecule is O=C1COC=CCN1c1ccccc1. The Kier molecular flexibility index (Phi) is 2.49. The van der Waals surface area contributed by atoms with Crippen LogP contribution >= 0.6 is 0 Å². The van der Waals surface area contributed by atoms with E-state index >= 15 is 0 Å². The quantitative estimate of drug-likeness (QED) is 0.671. The Balaban J connectivity index is 2.24. The molecule has 1 amide bonds. The van der Waals surface area contributed by atoms with Crippen LogP contribution in [0.15, 0.2) is 42.7 Å². The van der Waals surface area contributed by atoms with E-state index in [-0.39, 0.29) is 12.5 Å². The molecule has 0 fully saturated rings. The molecule has 1 aliphatic rings. The Morgan fingerprint density at radius 3 is 2.79 bits per heavy atom. The van der Waals surface area contributed by atoms with Crippen molar-refractivity contribution in [3.05, 3.63) is 42.7 Å². The second-order valence-corrected chi connectivity index (χ2v) is 3.02. The van der Waals surface area contributed by atoms with Gasteiger partial charge in [0.05, 0.1) is 6.26 Å². The predicted molar refractivity (Wildman–Crippen MR) is 53.9 cm³/mol. The van der Waals surface area contributed by atoms with Gasteiger partial charge in [0.1, 0.15) is 0 Å². The Hall–Kier alpha value is -1.77. The van der Waals surface area contributed by atoms with E-state index in [1.54, 1.807) is 11.2 Å². The first kappa shape index (κ1) is 8.81. The first-order valence-corrected chi connectivity index (χ1v) is 4.50. The summed E-state index contributed by atoms with van der Waals surface area (Å²) in [7, 11) is 0. The summed E-state index contributed by atoms with van der Waals surface area (Å²) in [6.07, 6.45) is 3.40. The fraction of sp³-hybridized carbons (Fsp3) is 0.182. The fourth-order valence-electron chi connectivity index (χ4n) is 1.37. The highest BCUT2D eigenvalue weighted by molar-refractivity contribution is 5.94. The molecule has 0 aromatic heterocycles. The number of anilines is 1. The highest BCUT2D eigenvalue weighted by Gasteiger charge is 2.15. The third-order valence-corrected chi connectivity index (χ3v) is 2.06. The molecular formula is C11H11NO2. The maximum atomic E-state index is 11.6. The average molecular weight is 189 g/mol. The molecule has 0 unspecified atom stereocenters. The lowest BCUT2D eigenvalue weighted by molar-refractivity contribution is -0.121. The third-order valence-electron chi connectivity index (χ3n) is 2.06. The van der Waals surface area contributed by atoms with E-state index in [1.165, 1.54) is 0 Å². The molecule has 1 heterocycles. The van der Waals surface area contributed by atoms with E-state index in [2.05, 4.69) is 0 Å². The van der Waals surface area contributed by atoms with Gasteiger partial charge in [-0.15, -0.1) is 0 Å². The first-order valence-electron chi connectivity index (χ1n) is 4.50. The second-order valence-electron chi connectivity index (χ2n) is 3.02. The standard InChI is InChI=1S/C11H11NO2/c13-11-9-14-8-4-7-12(11)10-5-2-1-3-6-10/h1-6,8H,7,9H2. The molecule has 1 aromatic rings. The normalized spacial score (nSPS) is 16.3. The minimum atomic E-state index is -0.0128. The first-order chi connectivity index (χ1) is 6.88. The molecule has 2 rings (SSSR count). The zero-order valence-electron chi connectivity index (χ0n) is 7.72. The van der Waals surface area contributed by atoms with E-state index in [0.717, 1.165) is 5.69 Å². The number of hydrogen-bond donors (Lipinski definition) is 0. The Morgan fingerprint density at radius 1 is 1.21 bits per heavy atom. The van der Waals surface area contributed by atoms with Gasteiger partial charge in [-0.2, -0.15) is 0 Å². The van der Waals surface area contributed by atoms with Gasteiger partial charge >= 0.3 is 0 Å². The number of benzene rings is 1. The predicted octanol–water partition coefficient (Wildman–Crippen LogP) is 1.56. The van der Waals surface area contributed by atoms with Gasteiger partial charge in [0, 0.05) is 12.2 Å². The lowest BCUT2D eigenvalue weighted by Gasteiger charge is -2.18. The second kappa shape index (κ2) is 3.96. The summed E-state index contributed by atoms with van der Waals surface area (Å²) in [5.74, 6) is -0.0128. The van der Waals surface area contributed by atoms with Gasteiger partial charge in [0.15, 0.2) is 6.61 Å². The number of hydrogen-bond acceptors (Lipinski definition) is 2. The number of carbonyl (C=O) groups excluding carboxylic acids is 1. The minimum absolute atomic E-state index is 0.0128. The Morgan fingerprint density at radius 2 is 2.00 bits per heavy atom. The third kappa shape index (κ3) is 1.76. The van der Waals surface area contributed by atoms with Gasteiger partial charge in [-0.3, -0.25) is 4.79 Å². The van der Waals surface area contributed by atoms with Crippen LogP contribution < -0.4 is 4.90 Å². The van der Waals surface area contributed by atoms with Crippen molar-refractivity contribution in [2.75, 3.05) is 18.1 Å². The molecule has 3 heteroatoms. The zero-order valence-corrected chi connectivity index (χ0v) is 7.72. The monoisotopic (exact) mass is 189 g/mol. The van der Waals surface area contributed by atoms with Crippen LogP contribution in [-0.4, -0.2) is 19.1 Å². The van der Waals surface area contributed by atoms with E-state index in [4.69, 9.17) is 4.74 Å². The van der Waals surface area contributed by atoms with Crippen molar-refractivity contribution < 1.29 is 9.53 Å². The molecule has 0 N–H and O–H groups in total. The number of ether oxygens (including phenoxy) is 1. The van der Waals surface area contributed by atoms with E-state index < -0.39 is 0 Å². The summed E-state index contributed by atoms with van der Waals surface area (Å²) in [4.78, 5) is 13.3. The summed E-state index contributed by atoms with van der Waals surface area (Å²) >= 11 is 0. The van der Waals surface area contributed by atoms with Gasteiger partial charge in [-0.1, -0.05) is 18.2 Å². The van der Waals surface area contributed by atoms with Crippen LogP contribution in [0.1, 0.15) is 0 Å². The molecule has 72 valence electrons. The van der Waals surface area contributed by atoms with Crippen molar-refractivity contribution in [3.8, 4) is 0 Å². The molecule has 0 spiro atoms. The summed E-state index contributed by atoms with van der Waals surface area (Å²) in [6, 6.07) is 9.59. The Labute approximate surface area is 82.6 Å². The highest BCUT2D eigenvalue weighted by atomic mass is 16.5. The van der Waals surface area contributed by atoms with Crippen LogP contribution in [0.3, 0.4) is 0 Å². The fourth-order valence-corrected chi connectivity index (χ4v) is 1.37. The largest absolute Gasteiger partial charge is 0.492 e. The maximum absolute atomic E-state index is 11.6. The molecule has 0 saturated carbocycles. The maximum Gasteiger partial charge on any atom is 0.265 e. The minimum Gasteiger partial charge on any atom is -0.492 e. The van der Waals surface area contributed by atoms with Crippen LogP contribution in [0.4, 0.5) is 5.69 Å². The molecule has 0 aliphatic carbocycles. The van der Waals surface area contributed by atoms with Crippen molar-refractivity contribution in [2.45, 2.75) is 0 Å². The van der Waals surface area contributed by atoms with E-state index in [1.807, 2.05) is 36.4 Å². The van der Waals surface area contributed by atoms with Crippen molar-refractivity contribution in [1.82, 2.24) is 0 Å². The molecule has 0 bridgehead atoms. The van der Waals surface area contributed by atoms with Crippen molar-refractivity contribution in [3.63, 3.8) is 0 Å². The lowest BCUT2D eigenvalue weighted by Crippen LogP contribution is -2.32. The summed E-state index contributed by atoms with van der Waals surface area (Å²) in [6.45, 7) is 0.689. The number of amides is 1. The molecule has 0 atom stereocenters. The molecule has 1 aliphatic heterocycles. The number of nitrogens with zero attached hydrogens (tertiary/aromatic N) is 1. The van der Waals surface area contributed by atoms with Crippen molar-refractivity contribution in [1.29, 1.82) is 0 Å². The number of carbonyl (C=O) groups is 1. The van der Waals surface area contributed by atoms with Crippen molar-refractivity contribution in [2.24, 2.45) is 0 Å². The molecular weight excluding hydrogens is 178 g/mol. The topological polar surface area (TPSA) is 29.5 Å². The summed E-state index contributed by atoms with van der Waals surface area (Å²) < 4.78 is 4.99. The van der Waals surface area contributed by atoms with Crippen LogP contribution in [0.25, 0.3) is 0 Å². The van der Waals surface area contributed by atoms with Gasteiger partial charge in [0.2, 0.25) is 0 Å². The van der Waals surface area contributed by atoms with Crippen LogP contribution in [0, 0.1) is 0 Å². The number of para-hydroxylation sites is 1. The summed E-state index contributed by atoms with van der Waals surface area (Å²) in [5, 5.41) is 0. The van der Waals surface area contributed by atoms with Crippen molar-refractivity contribution >= 4 is 11.6 Å². The van der Waals surface area contributed by atoms with Gasteiger partial charge in [-0.25, -0.2) is 0 Å². The molecule has 0 radical (unpaired) electrons. The van der Waals surface area contributed by atoms with E-state index in [0.29, 0.717) is 6.54 Å². The van der Waals surface area contributed by atoms with Gasteiger partial charge in [-0.05, 0) is 18.2 Å². The summed E-state index contributed by atoms with van der Waals surface area (Å²) in [5.41, 5.74) is 0.910. The molecule has 1 aromatic carbocycles. The van der Waals surface area contributed by atoms with Crippen LogP contribution in [-0.2, 0) is 9.53 Å². The van der Waals surface area contributed by atoms with Crippen LogP contribution in [0.2, 0.25) is 0 Å². The van der Waals surface area contributed by atoms with E-state index in [9.17, 15) is 4.79 Å². The van der Waals surface area contributed by atoms with Gasteiger partial charge in [0.25, 0.3) is 5.91 Å². The number of rotatable bonds is 1.